The van der Waals surface area contributed by atoms with Crippen LogP contribution in [0.5, 0.6) is 5.75 Å². The Bertz CT molecular complexity index is 481. The van der Waals surface area contributed by atoms with E-state index in [0.29, 0.717) is 0 Å². The molecular formula is C15H23N3O. The van der Waals surface area contributed by atoms with Gasteiger partial charge in [-0.25, -0.2) is 0 Å². The number of benzene rings is 1. The van der Waals surface area contributed by atoms with Crippen molar-refractivity contribution in [2.75, 3.05) is 42.9 Å². The molecule has 0 aromatic heterocycles. The zero-order chi connectivity index (χ0) is 13.4. The maximum atomic E-state index is 5.99. The first-order chi connectivity index (χ1) is 9.16. The lowest BCUT2D eigenvalue weighted by atomic mass is 10.0. The zero-order valence-electron chi connectivity index (χ0n) is 12.0. The van der Waals surface area contributed by atoms with Crippen molar-refractivity contribution in [2.45, 2.75) is 26.9 Å². The first-order valence-electron chi connectivity index (χ1n) is 7.17. The molecule has 0 radical (unpaired) electrons. The molecule has 0 spiro atoms. The summed E-state index contributed by atoms with van der Waals surface area (Å²) in [6.07, 6.45) is 0.246. The number of nitrogens with one attached hydrogen (secondary N) is 2. The smallest absolute Gasteiger partial charge is 0.146 e. The van der Waals surface area contributed by atoms with Gasteiger partial charge in [-0.1, -0.05) is 0 Å². The van der Waals surface area contributed by atoms with E-state index < -0.39 is 0 Å². The van der Waals surface area contributed by atoms with Crippen molar-refractivity contribution in [3.8, 4) is 5.75 Å². The molecule has 4 heteroatoms. The van der Waals surface area contributed by atoms with E-state index in [1.807, 2.05) is 0 Å². The Balaban J connectivity index is 2.00. The second-order valence-electron chi connectivity index (χ2n) is 5.59. The van der Waals surface area contributed by atoms with Crippen molar-refractivity contribution in [2.24, 2.45) is 0 Å². The van der Waals surface area contributed by atoms with E-state index >= 15 is 0 Å². The number of ether oxygens (including phenoxy) is 1. The van der Waals surface area contributed by atoms with Gasteiger partial charge in [-0.2, -0.15) is 0 Å². The minimum Gasteiger partial charge on any atom is -0.486 e. The van der Waals surface area contributed by atoms with Gasteiger partial charge >= 0.3 is 0 Å². The summed E-state index contributed by atoms with van der Waals surface area (Å²) in [4.78, 5) is 2.47. The molecule has 1 atom stereocenters. The molecule has 1 saturated heterocycles. The van der Waals surface area contributed by atoms with Gasteiger partial charge < -0.3 is 20.3 Å². The van der Waals surface area contributed by atoms with Gasteiger partial charge in [-0.05, 0) is 38.0 Å². The molecule has 2 aliphatic heterocycles. The Morgan fingerprint density at radius 2 is 2.00 bits per heavy atom. The Hall–Kier alpha value is -1.42. The predicted molar refractivity (Wildman–Crippen MR) is 79.6 cm³/mol. The van der Waals surface area contributed by atoms with E-state index in [-0.39, 0.29) is 6.10 Å². The molecule has 1 fully saturated rings. The summed E-state index contributed by atoms with van der Waals surface area (Å²) >= 11 is 0. The second kappa shape index (κ2) is 4.93. The van der Waals surface area contributed by atoms with Gasteiger partial charge in [-0.3, -0.25) is 0 Å². The normalized spacial score (nSPS) is 22.5. The minimum absolute atomic E-state index is 0.246. The largest absolute Gasteiger partial charge is 0.486 e. The molecule has 2 N–H and O–H groups in total. The lowest BCUT2D eigenvalue weighted by Crippen LogP contribution is -2.44. The number of nitrogens with zero attached hydrogens (tertiary/aromatic N) is 1. The van der Waals surface area contributed by atoms with Crippen LogP contribution in [0.4, 0.5) is 11.4 Å². The summed E-state index contributed by atoms with van der Waals surface area (Å²) in [6, 6.07) is 2.28. The predicted octanol–water partition coefficient (Wildman–Crippen LogP) is 1.91. The van der Waals surface area contributed by atoms with Crippen molar-refractivity contribution in [3.05, 3.63) is 17.2 Å². The Kier molecular flexibility index (Phi) is 3.27. The summed E-state index contributed by atoms with van der Waals surface area (Å²) in [7, 11) is 0. The van der Waals surface area contributed by atoms with E-state index in [1.54, 1.807) is 0 Å². The summed E-state index contributed by atoms with van der Waals surface area (Å²) in [6.45, 7) is 11.6. The van der Waals surface area contributed by atoms with Gasteiger partial charge in [0.15, 0.2) is 0 Å². The Morgan fingerprint density at radius 1 is 1.26 bits per heavy atom. The highest BCUT2D eigenvalue weighted by atomic mass is 16.5. The molecule has 19 heavy (non-hydrogen) atoms. The van der Waals surface area contributed by atoms with Crippen molar-refractivity contribution < 1.29 is 4.74 Å². The number of anilines is 2. The van der Waals surface area contributed by atoms with Gasteiger partial charge in [0.05, 0.1) is 12.2 Å². The maximum absolute atomic E-state index is 5.99. The summed E-state index contributed by atoms with van der Waals surface area (Å²) in [5.74, 6) is 1.04. The second-order valence-corrected chi connectivity index (χ2v) is 5.59. The van der Waals surface area contributed by atoms with Crippen molar-refractivity contribution >= 4 is 11.4 Å². The van der Waals surface area contributed by atoms with Crippen LogP contribution in [0.1, 0.15) is 18.1 Å². The van der Waals surface area contributed by atoms with Crippen LogP contribution in [-0.4, -0.2) is 38.8 Å². The SMILES string of the molecule is Cc1cc(N2CCNCC2)c(C)c2c1OC(C)CN2. The summed E-state index contributed by atoms with van der Waals surface area (Å²) in [5, 5.41) is 6.94. The quantitative estimate of drug-likeness (QED) is 0.809. The lowest BCUT2D eigenvalue weighted by Gasteiger charge is -2.34. The zero-order valence-corrected chi connectivity index (χ0v) is 12.0. The van der Waals surface area contributed by atoms with Crippen LogP contribution in [0.25, 0.3) is 0 Å². The third-order valence-corrected chi connectivity index (χ3v) is 4.04. The maximum Gasteiger partial charge on any atom is 0.146 e. The molecular weight excluding hydrogens is 238 g/mol. The average molecular weight is 261 g/mol. The third kappa shape index (κ3) is 2.25. The van der Waals surface area contributed by atoms with E-state index in [4.69, 9.17) is 4.74 Å². The lowest BCUT2D eigenvalue weighted by molar-refractivity contribution is 0.224. The van der Waals surface area contributed by atoms with E-state index in [0.717, 1.165) is 38.5 Å². The molecule has 2 heterocycles. The first-order valence-corrected chi connectivity index (χ1v) is 7.17. The highest BCUT2D eigenvalue weighted by Gasteiger charge is 2.23. The molecule has 1 unspecified atom stereocenters. The van der Waals surface area contributed by atoms with Crippen LogP contribution in [-0.2, 0) is 0 Å². The van der Waals surface area contributed by atoms with Crippen molar-refractivity contribution in [1.29, 1.82) is 0 Å². The molecule has 2 aliphatic rings. The number of fused-ring (bicyclic) bond motifs is 1. The van der Waals surface area contributed by atoms with Gasteiger partial charge in [0.25, 0.3) is 0 Å². The Morgan fingerprint density at radius 3 is 2.74 bits per heavy atom. The van der Waals surface area contributed by atoms with Crippen LogP contribution >= 0.6 is 0 Å². The van der Waals surface area contributed by atoms with Crippen LogP contribution in [0, 0.1) is 13.8 Å². The molecule has 4 nitrogen and oxygen atoms in total. The standard InChI is InChI=1S/C15H23N3O/c1-10-8-13(18-6-4-16-5-7-18)12(3)14-15(10)19-11(2)9-17-14/h8,11,16-17H,4-7,9H2,1-3H3. The van der Waals surface area contributed by atoms with E-state index in [9.17, 15) is 0 Å². The first kappa shape index (κ1) is 12.6. The molecule has 0 bridgehead atoms. The van der Waals surface area contributed by atoms with Crippen LogP contribution < -0.4 is 20.3 Å². The third-order valence-electron chi connectivity index (χ3n) is 4.04. The highest BCUT2D eigenvalue weighted by molar-refractivity contribution is 5.75. The van der Waals surface area contributed by atoms with Crippen molar-refractivity contribution in [3.63, 3.8) is 0 Å². The highest BCUT2D eigenvalue weighted by Crippen LogP contribution is 2.40. The van der Waals surface area contributed by atoms with Gasteiger partial charge in [0.2, 0.25) is 0 Å². The molecule has 0 saturated carbocycles. The van der Waals surface area contributed by atoms with Gasteiger partial charge in [0, 0.05) is 31.9 Å². The number of hydrogen-bond acceptors (Lipinski definition) is 4. The topological polar surface area (TPSA) is 36.5 Å². The molecule has 0 amide bonds. The van der Waals surface area contributed by atoms with E-state index in [1.165, 1.54) is 22.5 Å². The molecule has 1 aromatic rings. The fraction of sp³-hybridized carbons (Fsp3) is 0.600. The minimum atomic E-state index is 0.246. The van der Waals surface area contributed by atoms with Crippen LogP contribution in [0.15, 0.2) is 6.07 Å². The number of aryl methyl sites for hydroxylation is 1. The molecule has 0 aliphatic carbocycles. The molecule has 3 rings (SSSR count). The van der Waals surface area contributed by atoms with Crippen LogP contribution in [0.3, 0.4) is 0 Å². The Labute approximate surface area is 115 Å². The number of rotatable bonds is 1. The van der Waals surface area contributed by atoms with Gasteiger partial charge in [-0.15, -0.1) is 0 Å². The van der Waals surface area contributed by atoms with Crippen molar-refractivity contribution in [1.82, 2.24) is 5.32 Å². The fourth-order valence-electron chi connectivity index (χ4n) is 2.96. The average Bonchev–Trinajstić information content (AvgIpc) is 2.43. The number of hydrogen-bond donors (Lipinski definition) is 2. The van der Waals surface area contributed by atoms with Crippen LogP contribution in [0.2, 0.25) is 0 Å². The molecule has 1 aromatic carbocycles. The van der Waals surface area contributed by atoms with E-state index in [2.05, 4.69) is 42.4 Å². The number of piperazine rings is 1. The fourth-order valence-corrected chi connectivity index (χ4v) is 2.96. The molecule has 104 valence electrons. The van der Waals surface area contributed by atoms with Gasteiger partial charge in [0.1, 0.15) is 11.9 Å². The summed E-state index contributed by atoms with van der Waals surface area (Å²) < 4.78 is 5.99. The monoisotopic (exact) mass is 261 g/mol. The summed E-state index contributed by atoms with van der Waals surface area (Å²) in [5.41, 5.74) is 5.08.